The van der Waals surface area contributed by atoms with Crippen molar-refractivity contribution in [1.29, 1.82) is 0 Å². The van der Waals surface area contributed by atoms with Crippen LogP contribution in [0.5, 0.6) is 11.5 Å². The van der Waals surface area contributed by atoms with Gasteiger partial charge in [-0.15, -0.1) is 0 Å². The summed E-state index contributed by atoms with van der Waals surface area (Å²) in [7, 11) is 0. The van der Waals surface area contributed by atoms with Crippen molar-refractivity contribution in [3.63, 3.8) is 0 Å². The van der Waals surface area contributed by atoms with Crippen molar-refractivity contribution in [3.05, 3.63) is 59.7 Å². The van der Waals surface area contributed by atoms with E-state index in [0.717, 1.165) is 22.6 Å². The smallest absolute Gasteiger partial charge is 0.162 e. The van der Waals surface area contributed by atoms with E-state index < -0.39 is 6.10 Å². The highest BCUT2D eigenvalue weighted by Crippen LogP contribution is 2.35. The van der Waals surface area contributed by atoms with Crippen LogP contribution in [0, 0.1) is 0 Å². The molecule has 1 aliphatic heterocycles. The van der Waals surface area contributed by atoms with Gasteiger partial charge in [-0.1, -0.05) is 36.4 Å². The summed E-state index contributed by atoms with van der Waals surface area (Å²) in [5, 5.41) is 9.50. The Bertz CT molecular complexity index is 560. The Kier molecular flexibility index (Phi) is 3.13. The first-order valence-electron chi connectivity index (χ1n) is 6.40. The van der Waals surface area contributed by atoms with Crippen molar-refractivity contribution in [2.75, 3.05) is 6.61 Å². The van der Waals surface area contributed by atoms with Crippen LogP contribution in [0.4, 0.5) is 0 Å². The zero-order valence-electron chi connectivity index (χ0n) is 10.7. The number of benzene rings is 2. The molecule has 2 atom stereocenters. The highest BCUT2D eigenvalue weighted by atomic mass is 16.6. The summed E-state index contributed by atoms with van der Waals surface area (Å²) in [6.07, 6.45) is -0.545. The number of rotatable bonds is 2. The minimum atomic E-state index is -0.446. The van der Waals surface area contributed by atoms with Crippen LogP contribution < -0.4 is 9.47 Å². The second-order valence-electron chi connectivity index (χ2n) is 4.71. The van der Waals surface area contributed by atoms with Gasteiger partial charge in [0.15, 0.2) is 17.6 Å². The first-order chi connectivity index (χ1) is 9.24. The lowest BCUT2D eigenvalue weighted by atomic mass is 10.0. The Morgan fingerprint density at radius 1 is 1.05 bits per heavy atom. The van der Waals surface area contributed by atoms with E-state index >= 15 is 0 Å². The first-order valence-corrected chi connectivity index (χ1v) is 6.40. The standard InChI is InChI=1S/C16H16O3/c1-11(17)12-6-8-13(9-7-12)16-10-18-14-4-2-3-5-15(14)19-16/h2-9,11,16-17H,10H2,1H3/t11?,16-/m1/s1. The fraction of sp³-hybridized carbons (Fsp3) is 0.250. The fourth-order valence-corrected chi connectivity index (χ4v) is 2.17. The fourth-order valence-electron chi connectivity index (χ4n) is 2.17. The van der Waals surface area contributed by atoms with E-state index in [-0.39, 0.29) is 6.10 Å². The molecule has 3 nitrogen and oxygen atoms in total. The molecule has 3 rings (SSSR count). The van der Waals surface area contributed by atoms with E-state index in [2.05, 4.69) is 0 Å². The minimum Gasteiger partial charge on any atom is -0.485 e. The summed E-state index contributed by atoms with van der Waals surface area (Å²) in [5.74, 6) is 1.57. The normalized spacial score (nSPS) is 18.9. The van der Waals surface area contributed by atoms with Gasteiger partial charge in [-0.2, -0.15) is 0 Å². The van der Waals surface area contributed by atoms with Crippen LogP contribution in [0.3, 0.4) is 0 Å². The van der Waals surface area contributed by atoms with E-state index in [9.17, 15) is 5.11 Å². The van der Waals surface area contributed by atoms with Crippen molar-refractivity contribution in [2.45, 2.75) is 19.1 Å². The third kappa shape index (κ3) is 2.42. The second-order valence-corrected chi connectivity index (χ2v) is 4.71. The van der Waals surface area contributed by atoms with Gasteiger partial charge in [0.1, 0.15) is 6.61 Å². The van der Waals surface area contributed by atoms with Crippen molar-refractivity contribution >= 4 is 0 Å². The van der Waals surface area contributed by atoms with Crippen LogP contribution in [0.1, 0.15) is 30.3 Å². The molecule has 1 N–H and O–H groups in total. The van der Waals surface area contributed by atoms with E-state index in [1.54, 1.807) is 6.92 Å². The molecule has 0 aromatic heterocycles. The van der Waals surface area contributed by atoms with Crippen molar-refractivity contribution in [1.82, 2.24) is 0 Å². The monoisotopic (exact) mass is 256 g/mol. The first kappa shape index (κ1) is 12.1. The zero-order chi connectivity index (χ0) is 13.2. The molecule has 0 aliphatic carbocycles. The molecule has 98 valence electrons. The van der Waals surface area contributed by atoms with Gasteiger partial charge in [0.2, 0.25) is 0 Å². The summed E-state index contributed by atoms with van der Waals surface area (Å²) in [5.41, 5.74) is 1.96. The Morgan fingerprint density at radius 3 is 2.42 bits per heavy atom. The maximum absolute atomic E-state index is 9.50. The van der Waals surface area contributed by atoms with Crippen molar-refractivity contribution in [3.8, 4) is 11.5 Å². The van der Waals surface area contributed by atoms with Crippen LogP contribution in [0.25, 0.3) is 0 Å². The molecule has 0 amide bonds. The predicted octanol–water partition coefficient (Wildman–Crippen LogP) is 3.25. The lowest BCUT2D eigenvalue weighted by molar-refractivity contribution is 0.0912. The van der Waals surface area contributed by atoms with E-state index in [1.165, 1.54) is 0 Å². The SMILES string of the molecule is CC(O)c1ccc([C@H]2COc3ccccc3O2)cc1. The Labute approximate surface area is 112 Å². The third-order valence-corrected chi connectivity index (χ3v) is 3.30. The zero-order valence-corrected chi connectivity index (χ0v) is 10.7. The molecule has 19 heavy (non-hydrogen) atoms. The molecule has 1 unspecified atom stereocenters. The largest absolute Gasteiger partial charge is 0.485 e. The molecular formula is C16H16O3. The maximum Gasteiger partial charge on any atom is 0.162 e. The van der Waals surface area contributed by atoms with E-state index in [1.807, 2.05) is 48.5 Å². The molecule has 2 aromatic carbocycles. The van der Waals surface area contributed by atoms with Crippen LogP contribution in [-0.2, 0) is 0 Å². The van der Waals surface area contributed by atoms with Crippen molar-refractivity contribution < 1.29 is 14.6 Å². The lowest BCUT2D eigenvalue weighted by Crippen LogP contribution is -2.21. The summed E-state index contributed by atoms with van der Waals surface area (Å²) in [4.78, 5) is 0. The molecule has 0 spiro atoms. The van der Waals surface area contributed by atoms with Gasteiger partial charge in [-0.25, -0.2) is 0 Å². The van der Waals surface area contributed by atoms with Crippen LogP contribution in [0.2, 0.25) is 0 Å². The lowest BCUT2D eigenvalue weighted by Gasteiger charge is -2.26. The molecule has 0 bridgehead atoms. The average Bonchev–Trinajstić information content (AvgIpc) is 2.47. The van der Waals surface area contributed by atoms with Gasteiger partial charge in [-0.05, 0) is 30.2 Å². The van der Waals surface area contributed by atoms with Gasteiger partial charge in [0.05, 0.1) is 6.10 Å². The molecule has 2 aromatic rings. The molecule has 1 aliphatic rings. The van der Waals surface area contributed by atoms with Gasteiger partial charge >= 0.3 is 0 Å². The molecule has 3 heteroatoms. The van der Waals surface area contributed by atoms with E-state index in [0.29, 0.717) is 6.61 Å². The number of hydrogen-bond acceptors (Lipinski definition) is 3. The highest BCUT2D eigenvalue weighted by Gasteiger charge is 2.22. The van der Waals surface area contributed by atoms with Gasteiger partial charge in [0.25, 0.3) is 0 Å². The molecule has 0 saturated heterocycles. The Balaban J connectivity index is 1.81. The summed E-state index contributed by atoms with van der Waals surface area (Å²) >= 11 is 0. The number of aliphatic hydroxyl groups is 1. The van der Waals surface area contributed by atoms with Crippen molar-refractivity contribution in [2.24, 2.45) is 0 Å². The minimum absolute atomic E-state index is 0.0991. The number of ether oxygens (including phenoxy) is 2. The van der Waals surface area contributed by atoms with E-state index in [4.69, 9.17) is 9.47 Å². The van der Waals surface area contributed by atoms with Gasteiger partial charge in [-0.3, -0.25) is 0 Å². The number of hydrogen-bond donors (Lipinski definition) is 1. The van der Waals surface area contributed by atoms with Crippen LogP contribution in [-0.4, -0.2) is 11.7 Å². The van der Waals surface area contributed by atoms with Crippen LogP contribution >= 0.6 is 0 Å². The molecular weight excluding hydrogens is 240 g/mol. The summed E-state index contributed by atoms with van der Waals surface area (Å²) in [6, 6.07) is 15.5. The van der Waals surface area contributed by atoms with Gasteiger partial charge in [0, 0.05) is 0 Å². The molecule has 0 fully saturated rings. The number of aliphatic hydroxyl groups excluding tert-OH is 1. The van der Waals surface area contributed by atoms with Crippen LogP contribution in [0.15, 0.2) is 48.5 Å². The molecule has 0 radical (unpaired) electrons. The number of para-hydroxylation sites is 2. The van der Waals surface area contributed by atoms with Gasteiger partial charge < -0.3 is 14.6 Å². The average molecular weight is 256 g/mol. The summed E-state index contributed by atoms with van der Waals surface area (Å²) < 4.78 is 11.6. The third-order valence-electron chi connectivity index (χ3n) is 3.30. The Morgan fingerprint density at radius 2 is 1.74 bits per heavy atom. The second kappa shape index (κ2) is 4.94. The predicted molar refractivity (Wildman–Crippen MR) is 72.4 cm³/mol. The Hall–Kier alpha value is -2.00. The summed E-state index contributed by atoms with van der Waals surface area (Å²) in [6.45, 7) is 2.26. The molecule has 0 saturated carbocycles. The topological polar surface area (TPSA) is 38.7 Å². The quantitative estimate of drug-likeness (QED) is 0.896. The number of fused-ring (bicyclic) bond motifs is 1. The maximum atomic E-state index is 9.50. The highest BCUT2D eigenvalue weighted by molar-refractivity contribution is 5.41. The molecule has 1 heterocycles.